The topological polar surface area (TPSA) is 96.2 Å². The lowest BCUT2D eigenvalue weighted by Crippen LogP contribution is -2.46. The fourth-order valence-electron chi connectivity index (χ4n) is 3.61. The van der Waals surface area contributed by atoms with Crippen LogP contribution in [0.2, 0.25) is 0 Å². The molecule has 0 saturated heterocycles. The monoisotopic (exact) mass is 457 g/mol. The Labute approximate surface area is 198 Å². The van der Waals surface area contributed by atoms with Crippen molar-refractivity contribution in [2.75, 3.05) is 24.3 Å². The molecule has 9 nitrogen and oxygen atoms in total. The lowest BCUT2D eigenvalue weighted by atomic mass is 10.2. The van der Waals surface area contributed by atoms with Gasteiger partial charge in [-0.15, -0.1) is 5.10 Å². The second-order valence-corrected chi connectivity index (χ2v) is 8.23. The number of anilines is 2. The molecule has 0 spiro atoms. The normalized spacial score (nSPS) is 11.7. The summed E-state index contributed by atoms with van der Waals surface area (Å²) >= 11 is 0. The molecule has 1 atom stereocenters. The highest BCUT2D eigenvalue weighted by Crippen LogP contribution is 2.18. The van der Waals surface area contributed by atoms with Crippen molar-refractivity contribution >= 4 is 34.2 Å². The summed E-state index contributed by atoms with van der Waals surface area (Å²) in [6, 6.07) is 17.9. The maximum absolute atomic E-state index is 13.4. The minimum Gasteiger partial charge on any atom is -0.378 e. The zero-order valence-corrected chi connectivity index (χ0v) is 19.4. The van der Waals surface area contributed by atoms with Crippen molar-refractivity contribution in [3.8, 4) is 0 Å². The van der Waals surface area contributed by atoms with E-state index in [1.165, 1.54) is 4.90 Å². The summed E-state index contributed by atoms with van der Waals surface area (Å²) in [5.41, 5.74) is 3.99. The van der Waals surface area contributed by atoms with Gasteiger partial charge in [-0.3, -0.25) is 14.6 Å². The van der Waals surface area contributed by atoms with Gasteiger partial charge in [0.05, 0.1) is 5.52 Å². The van der Waals surface area contributed by atoms with Gasteiger partial charge in [-0.25, -0.2) is 4.68 Å². The summed E-state index contributed by atoms with van der Waals surface area (Å²) < 4.78 is 1.55. The molecule has 2 heterocycles. The van der Waals surface area contributed by atoms with Crippen LogP contribution >= 0.6 is 0 Å². The lowest BCUT2D eigenvalue weighted by molar-refractivity contribution is -0.139. The SMILES string of the molecule is CC(C(=O)Nc1ccc(N(C)C)cc1)N(Cc1cccnc1)C(=O)Cn1nnc2ccccc21. The molecule has 0 aliphatic heterocycles. The molecule has 34 heavy (non-hydrogen) atoms. The molecule has 0 aliphatic carbocycles. The smallest absolute Gasteiger partial charge is 0.246 e. The zero-order valence-electron chi connectivity index (χ0n) is 19.4. The van der Waals surface area contributed by atoms with Crippen LogP contribution in [0.3, 0.4) is 0 Å². The van der Waals surface area contributed by atoms with Crippen LogP contribution in [0.25, 0.3) is 11.0 Å². The number of nitrogens with one attached hydrogen (secondary N) is 1. The predicted molar refractivity (Wildman–Crippen MR) is 131 cm³/mol. The van der Waals surface area contributed by atoms with Crippen LogP contribution in [0.5, 0.6) is 0 Å². The van der Waals surface area contributed by atoms with Crippen LogP contribution in [-0.2, 0) is 22.7 Å². The third-order valence-corrected chi connectivity index (χ3v) is 5.60. The number of pyridine rings is 1. The van der Waals surface area contributed by atoms with Crippen LogP contribution in [-0.4, -0.2) is 56.8 Å². The number of fused-ring (bicyclic) bond motifs is 1. The Morgan fingerprint density at radius 1 is 1.03 bits per heavy atom. The Balaban J connectivity index is 1.54. The van der Waals surface area contributed by atoms with Crippen molar-refractivity contribution in [2.45, 2.75) is 26.1 Å². The number of aromatic nitrogens is 4. The van der Waals surface area contributed by atoms with E-state index in [1.54, 1.807) is 30.1 Å². The second kappa shape index (κ2) is 10.1. The molecule has 0 bridgehead atoms. The van der Waals surface area contributed by atoms with Gasteiger partial charge in [0.1, 0.15) is 18.1 Å². The van der Waals surface area contributed by atoms with E-state index in [0.29, 0.717) is 11.2 Å². The van der Waals surface area contributed by atoms with Crippen LogP contribution in [0.4, 0.5) is 11.4 Å². The summed E-state index contributed by atoms with van der Waals surface area (Å²) in [6.45, 7) is 1.93. The van der Waals surface area contributed by atoms with Crippen LogP contribution in [0.15, 0.2) is 73.1 Å². The largest absolute Gasteiger partial charge is 0.378 e. The van der Waals surface area contributed by atoms with Crippen LogP contribution < -0.4 is 10.2 Å². The quantitative estimate of drug-likeness (QED) is 0.437. The first-order valence-corrected chi connectivity index (χ1v) is 11.0. The number of carbonyl (C=O) groups is 2. The first-order chi connectivity index (χ1) is 16.4. The van der Waals surface area contributed by atoms with E-state index in [-0.39, 0.29) is 24.9 Å². The molecule has 4 rings (SSSR count). The van der Waals surface area contributed by atoms with E-state index in [4.69, 9.17) is 0 Å². The molecule has 174 valence electrons. The molecule has 0 saturated carbocycles. The maximum Gasteiger partial charge on any atom is 0.246 e. The fourth-order valence-corrected chi connectivity index (χ4v) is 3.61. The zero-order chi connectivity index (χ0) is 24.1. The summed E-state index contributed by atoms with van der Waals surface area (Å²) in [4.78, 5) is 34.2. The van der Waals surface area contributed by atoms with E-state index in [2.05, 4.69) is 20.6 Å². The number of carbonyl (C=O) groups excluding carboxylic acids is 2. The summed E-state index contributed by atoms with van der Waals surface area (Å²) in [5, 5.41) is 11.2. The van der Waals surface area contributed by atoms with Gasteiger partial charge >= 0.3 is 0 Å². The van der Waals surface area contributed by atoms with Crippen molar-refractivity contribution < 1.29 is 9.59 Å². The standard InChI is InChI=1S/C25H27N7O2/c1-18(25(34)27-20-10-12-21(13-11-20)30(2)3)31(16-19-7-6-14-26-15-19)24(33)17-32-23-9-5-4-8-22(23)28-29-32/h4-15,18H,16-17H2,1-3H3,(H,27,34). The van der Waals surface area contributed by atoms with Crippen LogP contribution in [0, 0.1) is 0 Å². The summed E-state index contributed by atoms with van der Waals surface area (Å²) in [7, 11) is 3.91. The van der Waals surface area contributed by atoms with Gasteiger partial charge in [0.2, 0.25) is 11.8 Å². The molecule has 1 N–H and O–H groups in total. The van der Waals surface area contributed by atoms with Gasteiger partial charge in [0, 0.05) is 44.4 Å². The van der Waals surface area contributed by atoms with Gasteiger partial charge < -0.3 is 15.1 Å². The third kappa shape index (κ3) is 5.20. The molecule has 1 unspecified atom stereocenters. The van der Waals surface area contributed by atoms with Gasteiger partial charge in [-0.2, -0.15) is 0 Å². The average Bonchev–Trinajstić information content (AvgIpc) is 3.25. The van der Waals surface area contributed by atoms with Crippen molar-refractivity contribution in [2.24, 2.45) is 0 Å². The van der Waals surface area contributed by atoms with E-state index in [1.807, 2.05) is 73.6 Å². The minimum absolute atomic E-state index is 0.0318. The minimum atomic E-state index is -0.726. The van der Waals surface area contributed by atoms with Crippen molar-refractivity contribution in [1.29, 1.82) is 0 Å². The van der Waals surface area contributed by atoms with E-state index in [0.717, 1.165) is 16.8 Å². The summed E-state index contributed by atoms with van der Waals surface area (Å²) in [5.74, 6) is -0.525. The van der Waals surface area contributed by atoms with Crippen molar-refractivity contribution in [3.05, 3.63) is 78.6 Å². The molecule has 0 radical (unpaired) electrons. The molecule has 2 aromatic carbocycles. The highest BCUT2D eigenvalue weighted by atomic mass is 16.2. The molecule has 2 aromatic heterocycles. The fraction of sp³-hybridized carbons (Fsp3) is 0.240. The predicted octanol–water partition coefficient (Wildman–Crippen LogP) is 2.95. The van der Waals surface area contributed by atoms with Crippen molar-refractivity contribution in [3.63, 3.8) is 0 Å². The molecule has 0 aliphatic rings. The van der Waals surface area contributed by atoms with Crippen LogP contribution in [0.1, 0.15) is 12.5 Å². The van der Waals surface area contributed by atoms with E-state index in [9.17, 15) is 9.59 Å². The lowest BCUT2D eigenvalue weighted by Gasteiger charge is -2.28. The highest BCUT2D eigenvalue weighted by molar-refractivity contribution is 5.97. The van der Waals surface area contributed by atoms with E-state index < -0.39 is 6.04 Å². The highest BCUT2D eigenvalue weighted by Gasteiger charge is 2.27. The Hall–Kier alpha value is -4.27. The van der Waals surface area contributed by atoms with Crippen molar-refractivity contribution in [1.82, 2.24) is 24.9 Å². The first-order valence-electron chi connectivity index (χ1n) is 11.0. The number of rotatable bonds is 8. The number of hydrogen-bond donors (Lipinski definition) is 1. The second-order valence-electron chi connectivity index (χ2n) is 8.23. The maximum atomic E-state index is 13.4. The first kappa shape index (κ1) is 22.9. The number of benzene rings is 2. The Morgan fingerprint density at radius 3 is 2.50 bits per heavy atom. The van der Waals surface area contributed by atoms with Gasteiger partial charge in [0.25, 0.3) is 0 Å². The Kier molecular flexibility index (Phi) is 6.82. The van der Waals surface area contributed by atoms with Gasteiger partial charge in [-0.05, 0) is 55.0 Å². The Morgan fingerprint density at radius 2 is 1.79 bits per heavy atom. The molecule has 4 aromatic rings. The Bertz CT molecular complexity index is 1270. The number of para-hydroxylation sites is 1. The van der Waals surface area contributed by atoms with E-state index >= 15 is 0 Å². The molecule has 0 fully saturated rings. The number of amides is 2. The van der Waals surface area contributed by atoms with Gasteiger partial charge in [0.15, 0.2) is 0 Å². The number of nitrogens with zero attached hydrogens (tertiary/aromatic N) is 6. The molecular weight excluding hydrogens is 430 g/mol. The molecule has 9 heteroatoms. The molecular formula is C25H27N7O2. The molecule has 2 amide bonds. The average molecular weight is 458 g/mol. The van der Waals surface area contributed by atoms with Gasteiger partial charge in [-0.1, -0.05) is 23.4 Å². The summed E-state index contributed by atoms with van der Waals surface area (Å²) in [6.07, 6.45) is 3.36. The number of hydrogen-bond acceptors (Lipinski definition) is 6. The third-order valence-electron chi connectivity index (χ3n) is 5.60.